The number of fused-ring (bicyclic) bond motifs is 24. The van der Waals surface area contributed by atoms with Gasteiger partial charge in [-0.05, 0) is 177 Å². The Morgan fingerprint density at radius 2 is 0.607 bits per heavy atom. The molecule has 4 aliphatic rings. The maximum absolute atomic E-state index is 9.56. The molecule has 2 N–H and O–H groups in total. The van der Waals surface area contributed by atoms with E-state index in [-0.39, 0.29) is 0 Å². The molecule has 524 valence electrons. The van der Waals surface area contributed by atoms with Crippen molar-refractivity contribution in [2.75, 3.05) is 0 Å². The lowest BCUT2D eigenvalue weighted by atomic mass is 9.70. The minimum atomic E-state index is -1.46. The van der Waals surface area contributed by atoms with E-state index in [4.69, 9.17) is 54.0 Å². The van der Waals surface area contributed by atoms with Crippen LogP contribution in [0.25, 0.3) is 146 Å². The van der Waals surface area contributed by atoms with Gasteiger partial charge in [0.1, 0.15) is 11.2 Å². The molecule has 12 nitrogen and oxygen atoms in total. The van der Waals surface area contributed by atoms with Crippen LogP contribution in [0.4, 0.5) is 0 Å². The second kappa shape index (κ2) is 27.1. The number of furan rings is 2. The summed E-state index contributed by atoms with van der Waals surface area (Å²) in [5.41, 5.74) is 29.2. The fourth-order valence-corrected chi connectivity index (χ4v) is 17.8. The summed E-state index contributed by atoms with van der Waals surface area (Å²) in [6.07, 6.45) is 3.57. The summed E-state index contributed by atoms with van der Waals surface area (Å²) in [5, 5.41) is 37.4. The molecule has 0 saturated carbocycles. The van der Waals surface area contributed by atoms with Gasteiger partial charge in [0.05, 0.1) is 51.1 Å². The molecule has 2 atom stereocenters. The van der Waals surface area contributed by atoms with Crippen molar-refractivity contribution in [3.63, 3.8) is 0 Å². The predicted molar refractivity (Wildman–Crippen MR) is 443 cm³/mol. The van der Waals surface area contributed by atoms with Crippen LogP contribution in [-0.2, 0) is 10.8 Å². The molecule has 4 heterocycles. The number of rotatable bonds is 8. The Hall–Kier alpha value is -14.4. The van der Waals surface area contributed by atoms with Crippen LogP contribution in [0.5, 0.6) is 0 Å². The number of hydrogen-bond donors (Lipinski definition) is 2. The monoisotopic (exact) mass is 1500 g/mol. The van der Waals surface area contributed by atoms with Gasteiger partial charge >= 0.3 is 7.12 Å². The zero-order chi connectivity index (χ0) is 75.2. The zero-order valence-electron chi connectivity index (χ0n) is 59.6. The van der Waals surface area contributed by atoms with Crippen molar-refractivity contribution in [2.45, 2.75) is 10.8 Å². The largest absolute Gasteiger partial charge is 0.488 e. The molecule has 2 unspecified atom stereocenters. The number of halogens is 1. The van der Waals surface area contributed by atoms with Crippen molar-refractivity contribution in [3.8, 4) is 136 Å². The van der Waals surface area contributed by atoms with Gasteiger partial charge in [0.25, 0.3) is 0 Å². The standard InChI is InChI=1S/C49H28N4O.C42H24BrN3O.C7H6BNO2/c50-29-30-19-21-31(22-20-30)39-28-43-44(38-25-26-54-45(38)39)37-16-8-10-18-41(37)49(43)40-17-9-7-15-35(40)36-24-23-34(27-42(36)49)48-52-46(32-11-3-1-4-12-32)51-47(53-48)33-13-5-2-6-14-33;43-36-24-35-37(31-21-22-47-38(31)36)30-16-8-10-18-33(30)42(35)32-17-9-7-15-28(32)29-20-19-27(23-34(29)42)41-45-39(25-11-3-1-4-12-25)44-40(46-41)26-13-5-2-6-14-26;9-5-6-1-3-7(4-2-6)8(10)11/h1-28H;1-24H;1-4,10-11H. The molecule has 112 heavy (non-hydrogen) atoms. The molecule has 0 bridgehead atoms. The molecular formula is C98H58BBrN8O4. The van der Waals surface area contributed by atoms with Crippen LogP contribution in [0.2, 0.25) is 0 Å². The quantitative estimate of drug-likeness (QED) is 0.137. The summed E-state index contributed by atoms with van der Waals surface area (Å²) in [6.45, 7) is 0. The smallest absolute Gasteiger partial charge is 0.464 e. The SMILES string of the molecule is Brc1cc2c(c3ccoc13)-c1ccccc1C21c2ccccc2-c2ccc(-c3nc(-c4ccccc4)nc(-c4ccccc4)n3)cc21.N#Cc1ccc(-c2cc3c(c4ccoc24)-c2ccccc2C32c3ccccc3-c3ccc(-c4nc(-c5ccccc5)nc(-c5ccccc5)n4)cc32)cc1.N#Cc1ccc(B(O)O)cc1. The molecule has 14 aromatic carbocycles. The zero-order valence-corrected chi connectivity index (χ0v) is 61.2. The van der Waals surface area contributed by atoms with E-state index in [0.717, 1.165) is 70.9 Å². The minimum Gasteiger partial charge on any atom is -0.464 e. The highest BCUT2D eigenvalue weighted by Gasteiger charge is 2.54. The van der Waals surface area contributed by atoms with E-state index >= 15 is 0 Å². The van der Waals surface area contributed by atoms with E-state index < -0.39 is 17.9 Å². The lowest BCUT2D eigenvalue weighted by molar-refractivity contribution is 0.426. The summed E-state index contributed by atoms with van der Waals surface area (Å²) < 4.78 is 13.2. The Morgan fingerprint density at radius 3 is 1.01 bits per heavy atom. The van der Waals surface area contributed by atoms with Gasteiger partial charge < -0.3 is 18.9 Å². The highest BCUT2D eigenvalue weighted by Crippen LogP contribution is 2.67. The van der Waals surface area contributed by atoms with E-state index in [2.05, 4.69) is 180 Å². The van der Waals surface area contributed by atoms with Gasteiger partial charge in [-0.3, -0.25) is 0 Å². The molecular weight excluding hydrogens is 1440 g/mol. The molecule has 4 aromatic heterocycles. The maximum atomic E-state index is 9.56. The maximum Gasteiger partial charge on any atom is 0.488 e. The van der Waals surface area contributed by atoms with Crippen LogP contribution < -0.4 is 5.46 Å². The van der Waals surface area contributed by atoms with Crippen molar-refractivity contribution in [3.05, 3.63) is 400 Å². The molecule has 0 saturated heterocycles. The molecule has 0 radical (unpaired) electrons. The van der Waals surface area contributed by atoms with Crippen LogP contribution in [0, 0.1) is 22.7 Å². The van der Waals surface area contributed by atoms with Gasteiger partial charge in [-0.25, -0.2) is 29.9 Å². The third-order valence-corrected chi connectivity index (χ3v) is 22.7. The van der Waals surface area contributed by atoms with Gasteiger partial charge in [-0.1, -0.05) is 267 Å². The first kappa shape index (κ1) is 67.0. The highest BCUT2D eigenvalue weighted by molar-refractivity contribution is 9.10. The Labute approximate surface area is 652 Å². The van der Waals surface area contributed by atoms with Gasteiger partial charge in [-0.2, -0.15) is 10.5 Å². The summed E-state index contributed by atoms with van der Waals surface area (Å²) >= 11 is 3.88. The van der Waals surface area contributed by atoms with Crippen LogP contribution in [0.1, 0.15) is 55.6 Å². The second-order valence-electron chi connectivity index (χ2n) is 28.0. The molecule has 2 spiro atoms. The van der Waals surface area contributed by atoms with E-state index in [0.29, 0.717) is 51.5 Å². The highest BCUT2D eigenvalue weighted by atomic mass is 79.9. The summed E-state index contributed by atoms with van der Waals surface area (Å²) in [6, 6.07) is 116. The summed E-state index contributed by atoms with van der Waals surface area (Å²) in [5.74, 6) is 3.82. The van der Waals surface area contributed by atoms with Crippen molar-refractivity contribution >= 4 is 50.4 Å². The fourth-order valence-electron chi connectivity index (χ4n) is 17.3. The van der Waals surface area contributed by atoms with Crippen LogP contribution >= 0.6 is 15.9 Å². The van der Waals surface area contributed by atoms with E-state index in [1.165, 1.54) is 113 Å². The topological polar surface area (TPSA) is 192 Å². The second-order valence-corrected chi connectivity index (χ2v) is 28.9. The normalized spacial score (nSPS) is 14.4. The predicted octanol–water partition coefficient (Wildman–Crippen LogP) is 21.5. The molecule has 4 aliphatic carbocycles. The first-order valence-electron chi connectivity index (χ1n) is 36.7. The number of nitriles is 2. The number of aromatic nitrogens is 6. The van der Waals surface area contributed by atoms with Crippen molar-refractivity contribution in [1.29, 1.82) is 10.5 Å². The Kier molecular flexibility index (Phi) is 16.2. The van der Waals surface area contributed by atoms with Crippen molar-refractivity contribution in [2.24, 2.45) is 0 Å². The van der Waals surface area contributed by atoms with Gasteiger partial charge in [0, 0.05) is 49.7 Å². The van der Waals surface area contributed by atoms with Crippen LogP contribution in [-0.4, -0.2) is 47.1 Å². The van der Waals surface area contributed by atoms with E-state index in [1.807, 2.05) is 152 Å². The molecule has 0 amide bonds. The van der Waals surface area contributed by atoms with E-state index in [1.54, 1.807) is 12.5 Å². The van der Waals surface area contributed by atoms with Crippen molar-refractivity contribution in [1.82, 2.24) is 29.9 Å². The third-order valence-electron chi connectivity index (χ3n) is 22.1. The number of hydrogen-bond acceptors (Lipinski definition) is 12. The minimum absolute atomic E-state index is 0.393. The third kappa shape index (κ3) is 10.6. The average molecular weight is 1500 g/mol. The lowest BCUT2D eigenvalue weighted by Gasteiger charge is -2.31. The molecule has 22 rings (SSSR count). The van der Waals surface area contributed by atoms with Gasteiger partial charge in [-0.15, -0.1) is 0 Å². The lowest BCUT2D eigenvalue weighted by Crippen LogP contribution is -2.29. The van der Waals surface area contributed by atoms with Gasteiger partial charge in [0.2, 0.25) is 0 Å². The summed E-state index contributed by atoms with van der Waals surface area (Å²) in [7, 11) is -1.46. The average Bonchev–Trinajstić information content (AvgIpc) is 1.51. The van der Waals surface area contributed by atoms with Gasteiger partial charge in [0.15, 0.2) is 34.9 Å². The molecule has 0 aliphatic heterocycles. The summed E-state index contributed by atoms with van der Waals surface area (Å²) in [4.78, 5) is 30.3. The number of nitrogens with zero attached hydrogens (tertiary/aromatic N) is 8. The fraction of sp³-hybridized carbons (Fsp3) is 0.0204. The molecule has 18 aromatic rings. The Balaban J connectivity index is 0.000000129. The Morgan fingerprint density at radius 1 is 0.286 bits per heavy atom. The first-order valence-corrected chi connectivity index (χ1v) is 37.5. The Bertz CT molecular complexity index is 6790. The molecule has 14 heteroatoms. The number of benzene rings is 14. The van der Waals surface area contributed by atoms with Crippen molar-refractivity contribution < 1.29 is 18.9 Å². The molecule has 0 fully saturated rings. The first-order chi connectivity index (χ1) is 55.2. The van der Waals surface area contributed by atoms with Crippen LogP contribution in [0.3, 0.4) is 0 Å². The van der Waals surface area contributed by atoms with Crippen LogP contribution in [0.15, 0.2) is 353 Å². The van der Waals surface area contributed by atoms with E-state index in [9.17, 15) is 5.26 Å².